The lowest BCUT2D eigenvalue weighted by Gasteiger charge is -2.28. The maximum absolute atomic E-state index is 13.4. The molecule has 254 valence electrons. The van der Waals surface area contributed by atoms with Crippen LogP contribution in [0.5, 0.6) is 0 Å². The highest BCUT2D eigenvalue weighted by atomic mass is 32.1. The van der Waals surface area contributed by atoms with Crippen LogP contribution in [0, 0.1) is 0 Å². The molecule has 4 aliphatic rings. The molecule has 1 aromatic heterocycles. The van der Waals surface area contributed by atoms with Crippen LogP contribution in [0.4, 0.5) is 11.4 Å². The SMILES string of the molecule is CCCCc1cc(-c2ccc3c(c2)C2CCCC2N3c2ccc3c(c2)-c2ccccc2C3(C)C)sc1/C=C1\C(=O)c2ccc(C(=O)O)cc2C1=O. The number of anilines is 2. The molecule has 9 rings (SSSR count). The molecule has 2 unspecified atom stereocenters. The van der Waals surface area contributed by atoms with Crippen molar-refractivity contribution in [1.29, 1.82) is 0 Å². The van der Waals surface area contributed by atoms with E-state index in [1.807, 2.05) is 0 Å². The van der Waals surface area contributed by atoms with Gasteiger partial charge in [-0.25, -0.2) is 4.79 Å². The van der Waals surface area contributed by atoms with Gasteiger partial charge in [0.25, 0.3) is 0 Å². The van der Waals surface area contributed by atoms with Crippen LogP contribution in [0.2, 0.25) is 0 Å². The number of unbranched alkanes of at least 4 members (excludes halogenated alkanes) is 1. The molecule has 0 spiro atoms. The van der Waals surface area contributed by atoms with Gasteiger partial charge in [-0.1, -0.05) is 70.0 Å². The number of carboxylic acids is 1. The zero-order valence-corrected chi connectivity index (χ0v) is 29.9. The molecule has 3 aliphatic carbocycles. The number of carboxylic acid groups (broad SMARTS) is 1. The van der Waals surface area contributed by atoms with E-state index in [2.05, 4.69) is 92.4 Å². The minimum Gasteiger partial charge on any atom is -0.478 e. The molecule has 0 amide bonds. The largest absolute Gasteiger partial charge is 0.478 e. The number of nitrogens with zero attached hydrogens (tertiary/aromatic N) is 1. The van der Waals surface area contributed by atoms with Gasteiger partial charge in [0.2, 0.25) is 0 Å². The molecule has 51 heavy (non-hydrogen) atoms. The molecule has 2 atom stereocenters. The van der Waals surface area contributed by atoms with E-state index < -0.39 is 11.8 Å². The number of thiophene rings is 1. The van der Waals surface area contributed by atoms with E-state index in [9.17, 15) is 19.5 Å². The number of allylic oxidation sites excluding steroid dienone is 1. The highest BCUT2D eigenvalue weighted by Crippen LogP contribution is 2.55. The van der Waals surface area contributed by atoms with Crippen molar-refractivity contribution in [2.75, 3.05) is 4.90 Å². The Balaban J connectivity index is 1.09. The Morgan fingerprint density at radius 2 is 1.69 bits per heavy atom. The Bertz CT molecular complexity index is 2360. The van der Waals surface area contributed by atoms with Crippen molar-refractivity contribution in [3.05, 3.63) is 134 Å². The molecular weight excluding hydrogens is 651 g/mol. The van der Waals surface area contributed by atoms with Crippen LogP contribution in [0.25, 0.3) is 27.6 Å². The second-order valence-electron chi connectivity index (χ2n) is 15.0. The summed E-state index contributed by atoms with van der Waals surface area (Å²) < 4.78 is 0. The van der Waals surface area contributed by atoms with E-state index in [0.717, 1.165) is 40.1 Å². The molecule has 6 heteroatoms. The fourth-order valence-electron chi connectivity index (χ4n) is 9.19. The number of aromatic carboxylic acids is 1. The van der Waals surface area contributed by atoms with Gasteiger partial charge < -0.3 is 10.0 Å². The summed E-state index contributed by atoms with van der Waals surface area (Å²) in [5.74, 6) is -1.39. The molecule has 5 aromatic rings. The summed E-state index contributed by atoms with van der Waals surface area (Å²) in [6.07, 6.45) is 8.20. The summed E-state index contributed by atoms with van der Waals surface area (Å²) in [5, 5.41) is 9.45. The number of benzene rings is 4. The normalized spacial score (nSPS) is 20.1. The highest BCUT2D eigenvalue weighted by molar-refractivity contribution is 7.16. The smallest absolute Gasteiger partial charge is 0.335 e. The van der Waals surface area contributed by atoms with Gasteiger partial charge in [-0.3, -0.25) is 9.59 Å². The summed E-state index contributed by atoms with van der Waals surface area (Å²) >= 11 is 1.63. The molecule has 0 saturated heterocycles. The van der Waals surface area contributed by atoms with E-state index in [1.54, 1.807) is 17.4 Å². The van der Waals surface area contributed by atoms with Crippen molar-refractivity contribution >= 4 is 46.3 Å². The first kappa shape index (κ1) is 31.9. The number of Topliss-reactive ketones (excluding diaryl/α,β-unsaturated/α-hetero) is 2. The summed E-state index contributed by atoms with van der Waals surface area (Å²) in [4.78, 5) is 43.0. The van der Waals surface area contributed by atoms with E-state index in [4.69, 9.17) is 0 Å². The minimum absolute atomic E-state index is 0.00308. The molecule has 1 fully saturated rings. The van der Waals surface area contributed by atoms with Crippen molar-refractivity contribution in [2.24, 2.45) is 0 Å². The second-order valence-corrected chi connectivity index (χ2v) is 16.1. The van der Waals surface area contributed by atoms with Crippen LogP contribution in [0.15, 0.2) is 90.5 Å². The molecule has 0 radical (unpaired) electrons. The second kappa shape index (κ2) is 11.7. The van der Waals surface area contributed by atoms with Crippen molar-refractivity contribution in [3.63, 3.8) is 0 Å². The minimum atomic E-state index is -1.12. The first-order valence-electron chi connectivity index (χ1n) is 18.1. The van der Waals surface area contributed by atoms with Gasteiger partial charge in [0.15, 0.2) is 11.6 Å². The molecule has 4 aromatic carbocycles. The zero-order valence-electron chi connectivity index (χ0n) is 29.1. The number of carbonyl (C=O) groups is 3. The number of hydrogen-bond acceptors (Lipinski definition) is 5. The Morgan fingerprint density at radius 3 is 2.51 bits per heavy atom. The van der Waals surface area contributed by atoms with Crippen LogP contribution in [0.1, 0.15) is 117 Å². The van der Waals surface area contributed by atoms with Gasteiger partial charge in [-0.05, 0) is 119 Å². The Kier molecular flexibility index (Phi) is 7.34. The number of carbonyl (C=O) groups excluding carboxylic acids is 2. The lowest BCUT2D eigenvalue weighted by atomic mass is 9.82. The number of ketones is 2. The predicted molar refractivity (Wildman–Crippen MR) is 205 cm³/mol. The number of rotatable bonds is 7. The average molecular weight is 690 g/mol. The van der Waals surface area contributed by atoms with Gasteiger partial charge in [0.1, 0.15) is 0 Å². The number of aryl methyl sites for hydroxylation is 1. The van der Waals surface area contributed by atoms with E-state index in [1.165, 1.54) is 76.7 Å². The average Bonchev–Trinajstić information content (AvgIpc) is 3.93. The molecule has 1 saturated carbocycles. The Hall–Kier alpha value is -5.07. The summed E-state index contributed by atoms with van der Waals surface area (Å²) in [5.41, 5.74) is 12.3. The quantitative estimate of drug-likeness (QED) is 0.136. The van der Waals surface area contributed by atoms with E-state index >= 15 is 0 Å². The van der Waals surface area contributed by atoms with Crippen molar-refractivity contribution in [1.82, 2.24) is 0 Å². The maximum Gasteiger partial charge on any atom is 0.335 e. The lowest BCUT2D eigenvalue weighted by Crippen LogP contribution is -2.26. The van der Waals surface area contributed by atoms with Crippen LogP contribution >= 0.6 is 11.3 Å². The third-order valence-corrected chi connectivity index (χ3v) is 13.0. The summed E-state index contributed by atoms with van der Waals surface area (Å²) in [6, 6.07) is 29.7. The first-order valence-corrected chi connectivity index (χ1v) is 19.0. The van der Waals surface area contributed by atoms with Crippen molar-refractivity contribution < 1.29 is 19.5 Å². The van der Waals surface area contributed by atoms with Gasteiger partial charge in [-0.15, -0.1) is 11.3 Å². The topological polar surface area (TPSA) is 74.7 Å². The Morgan fingerprint density at radius 1 is 0.882 bits per heavy atom. The molecular formula is C45H39NO4S. The fourth-order valence-corrected chi connectivity index (χ4v) is 10.3. The number of fused-ring (bicyclic) bond motifs is 7. The van der Waals surface area contributed by atoms with Gasteiger partial charge in [0.05, 0.1) is 11.1 Å². The van der Waals surface area contributed by atoms with Gasteiger partial charge >= 0.3 is 5.97 Å². The molecule has 1 aliphatic heterocycles. The molecule has 1 N–H and O–H groups in total. The fraction of sp³-hybridized carbons (Fsp3) is 0.267. The van der Waals surface area contributed by atoms with E-state index in [0.29, 0.717) is 12.0 Å². The molecule has 5 nitrogen and oxygen atoms in total. The Labute approximate surface area is 302 Å². The van der Waals surface area contributed by atoms with Crippen molar-refractivity contribution in [3.8, 4) is 21.6 Å². The number of hydrogen-bond donors (Lipinski definition) is 1. The van der Waals surface area contributed by atoms with Crippen LogP contribution in [-0.2, 0) is 11.8 Å². The van der Waals surface area contributed by atoms with Gasteiger partial charge in [-0.2, -0.15) is 0 Å². The molecule has 2 heterocycles. The van der Waals surface area contributed by atoms with Crippen LogP contribution in [-0.4, -0.2) is 28.7 Å². The predicted octanol–water partition coefficient (Wildman–Crippen LogP) is 11.0. The maximum atomic E-state index is 13.4. The lowest BCUT2D eigenvalue weighted by molar-refractivity contribution is 0.0696. The van der Waals surface area contributed by atoms with Gasteiger partial charge in [0, 0.05) is 49.6 Å². The highest BCUT2D eigenvalue weighted by Gasteiger charge is 2.43. The monoisotopic (exact) mass is 689 g/mol. The third kappa shape index (κ3) is 4.83. The first-order chi connectivity index (χ1) is 24.7. The van der Waals surface area contributed by atoms with Crippen LogP contribution in [0.3, 0.4) is 0 Å². The standard InChI is InChI=1S/C45H39NO4S/c1-4-5-9-25-22-40(51-41(25)24-35-42(47)31-17-14-27(44(49)50)21-34(31)43(35)48)26-15-19-39-33(20-26)30-11-8-13-38(30)46(39)28-16-18-37-32(23-28)29-10-6-7-12-36(29)45(37,2)3/h6-7,10,12,14-24,30,38H,4-5,8-9,11,13H2,1-3H3,(H,49,50)/b35-24+. The third-order valence-electron chi connectivity index (χ3n) is 11.8. The van der Waals surface area contributed by atoms with Crippen LogP contribution < -0.4 is 4.90 Å². The summed E-state index contributed by atoms with van der Waals surface area (Å²) in [6.45, 7) is 6.82. The zero-order chi connectivity index (χ0) is 35.2. The van der Waals surface area contributed by atoms with Crippen molar-refractivity contribution in [2.45, 2.75) is 76.7 Å². The molecule has 0 bridgehead atoms. The van der Waals surface area contributed by atoms with E-state index in [-0.39, 0.29) is 33.5 Å². The summed E-state index contributed by atoms with van der Waals surface area (Å²) in [7, 11) is 0.